The van der Waals surface area contributed by atoms with Gasteiger partial charge in [0.1, 0.15) is 0 Å². The zero-order chi connectivity index (χ0) is 9.97. The fourth-order valence-electron chi connectivity index (χ4n) is 1.89. The molecule has 1 heterocycles. The summed E-state index contributed by atoms with van der Waals surface area (Å²) in [7, 11) is 1.93. The predicted molar refractivity (Wildman–Crippen MR) is 57.8 cm³/mol. The van der Waals surface area contributed by atoms with Crippen LogP contribution in [0.2, 0.25) is 5.02 Å². The minimum Gasteiger partial charge on any atom is -0.372 e. The van der Waals surface area contributed by atoms with Gasteiger partial charge in [-0.15, -0.1) is 0 Å². The zero-order valence-electron chi connectivity index (χ0n) is 8.22. The van der Waals surface area contributed by atoms with Crippen LogP contribution in [-0.2, 0) is 11.2 Å². The van der Waals surface area contributed by atoms with Crippen LogP contribution in [0.3, 0.4) is 0 Å². The van der Waals surface area contributed by atoms with Crippen molar-refractivity contribution in [1.29, 1.82) is 0 Å². The maximum Gasteiger partial charge on any atom is 0.0952 e. The lowest BCUT2D eigenvalue weighted by Crippen LogP contribution is -2.25. The highest BCUT2D eigenvalue weighted by molar-refractivity contribution is 6.31. The molecule has 0 radical (unpaired) electrons. The predicted octanol–water partition coefficient (Wildman–Crippen LogP) is 2.17. The van der Waals surface area contributed by atoms with Crippen LogP contribution < -0.4 is 5.32 Å². The first-order valence-corrected chi connectivity index (χ1v) is 5.24. The lowest BCUT2D eigenvalue weighted by Gasteiger charge is -2.26. The Labute approximate surface area is 89.2 Å². The first-order valence-electron chi connectivity index (χ1n) is 4.86. The van der Waals surface area contributed by atoms with Gasteiger partial charge in [0.15, 0.2) is 0 Å². The quantitative estimate of drug-likeness (QED) is 0.810. The molecule has 0 saturated heterocycles. The largest absolute Gasteiger partial charge is 0.372 e. The van der Waals surface area contributed by atoms with Gasteiger partial charge in [0.2, 0.25) is 0 Å². The van der Waals surface area contributed by atoms with Gasteiger partial charge in [0.05, 0.1) is 12.7 Å². The minimum absolute atomic E-state index is 0.155. The van der Waals surface area contributed by atoms with Crippen molar-refractivity contribution in [3.8, 4) is 0 Å². The SMILES string of the molecule is CNC[C@H]1OCCc2c(Cl)cccc21. The van der Waals surface area contributed by atoms with E-state index in [9.17, 15) is 0 Å². The summed E-state index contributed by atoms with van der Waals surface area (Å²) in [5, 5.41) is 4.00. The summed E-state index contributed by atoms with van der Waals surface area (Å²) >= 11 is 6.13. The average molecular weight is 212 g/mol. The van der Waals surface area contributed by atoms with Crippen molar-refractivity contribution >= 4 is 11.6 Å². The summed E-state index contributed by atoms with van der Waals surface area (Å²) in [6.07, 6.45) is 1.08. The molecule has 0 bridgehead atoms. The van der Waals surface area contributed by atoms with E-state index in [2.05, 4.69) is 11.4 Å². The summed E-state index contributed by atoms with van der Waals surface area (Å²) in [5.41, 5.74) is 2.48. The maximum absolute atomic E-state index is 6.13. The highest BCUT2D eigenvalue weighted by atomic mass is 35.5. The van der Waals surface area contributed by atoms with Gasteiger partial charge in [0.25, 0.3) is 0 Å². The molecule has 0 aliphatic carbocycles. The zero-order valence-corrected chi connectivity index (χ0v) is 8.97. The van der Waals surface area contributed by atoms with E-state index in [4.69, 9.17) is 16.3 Å². The number of ether oxygens (including phenoxy) is 1. The molecule has 0 saturated carbocycles. The van der Waals surface area contributed by atoms with Crippen molar-refractivity contribution in [3.63, 3.8) is 0 Å². The van der Waals surface area contributed by atoms with E-state index in [1.165, 1.54) is 11.1 Å². The molecule has 2 nitrogen and oxygen atoms in total. The van der Waals surface area contributed by atoms with Crippen LogP contribution in [0.1, 0.15) is 17.2 Å². The van der Waals surface area contributed by atoms with Crippen LogP contribution in [0.25, 0.3) is 0 Å². The van der Waals surface area contributed by atoms with Crippen molar-refractivity contribution in [2.45, 2.75) is 12.5 Å². The number of likely N-dealkylation sites (N-methyl/N-ethyl adjacent to an activating group) is 1. The van der Waals surface area contributed by atoms with Gasteiger partial charge >= 0.3 is 0 Å². The van der Waals surface area contributed by atoms with E-state index in [-0.39, 0.29) is 6.10 Å². The van der Waals surface area contributed by atoms with Gasteiger partial charge < -0.3 is 10.1 Å². The molecule has 0 aromatic heterocycles. The Bertz CT molecular complexity index is 327. The highest BCUT2D eigenvalue weighted by Crippen LogP contribution is 2.31. The molecule has 3 heteroatoms. The second-order valence-corrected chi connectivity index (χ2v) is 3.88. The van der Waals surface area contributed by atoms with Crippen molar-refractivity contribution in [1.82, 2.24) is 5.32 Å². The Morgan fingerprint density at radius 2 is 2.43 bits per heavy atom. The van der Waals surface area contributed by atoms with Crippen molar-refractivity contribution in [2.75, 3.05) is 20.2 Å². The Balaban J connectivity index is 2.34. The highest BCUT2D eigenvalue weighted by Gasteiger charge is 2.21. The van der Waals surface area contributed by atoms with Crippen LogP contribution >= 0.6 is 11.6 Å². The van der Waals surface area contributed by atoms with Crippen LogP contribution in [0.15, 0.2) is 18.2 Å². The smallest absolute Gasteiger partial charge is 0.0952 e. The van der Waals surface area contributed by atoms with E-state index in [1.54, 1.807) is 0 Å². The molecule has 14 heavy (non-hydrogen) atoms. The number of halogens is 1. The van der Waals surface area contributed by atoms with Gasteiger partial charge in [0, 0.05) is 11.6 Å². The lowest BCUT2D eigenvalue weighted by atomic mass is 9.97. The molecule has 0 amide bonds. The summed E-state index contributed by atoms with van der Waals surface area (Å²) < 4.78 is 5.68. The second kappa shape index (κ2) is 4.30. The number of nitrogens with one attached hydrogen (secondary N) is 1. The first kappa shape index (κ1) is 9.97. The number of fused-ring (bicyclic) bond motifs is 1. The standard InChI is InChI=1S/C11H14ClNO/c1-13-7-11-9-3-2-4-10(12)8(9)5-6-14-11/h2-4,11,13H,5-7H2,1H3/t11-/m1/s1. The molecule has 0 unspecified atom stereocenters. The molecule has 1 aliphatic heterocycles. The molecule has 1 aromatic rings. The van der Waals surface area contributed by atoms with Crippen LogP contribution in [-0.4, -0.2) is 20.2 Å². The molecule has 1 aliphatic rings. The van der Waals surface area contributed by atoms with E-state index in [0.29, 0.717) is 0 Å². The third-order valence-corrected chi connectivity index (χ3v) is 2.92. The summed E-state index contributed by atoms with van der Waals surface area (Å²) in [4.78, 5) is 0. The monoisotopic (exact) mass is 211 g/mol. The minimum atomic E-state index is 0.155. The normalized spacial score (nSPS) is 20.6. The molecule has 1 N–H and O–H groups in total. The third-order valence-electron chi connectivity index (χ3n) is 2.56. The van der Waals surface area contributed by atoms with Crippen LogP contribution in [0.4, 0.5) is 0 Å². The van der Waals surface area contributed by atoms with Gasteiger partial charge in [-0.2, -0.15) is 0 Å². The summed E-state index contributed by atoms with van der Waals surface area (Å²) in [5.74, 6) is 0. The molecule has 0 spiro atoms. The van der Waals surface area contributed by atoms with Crippen molar-refractivity contribution in [3.05, 3.63) is 34.3 Å². The van der Waals surface area contributed by atoms with Gasteiger partial charge in [-0.3, -0.25) is 0 Å². The first-order chi connectivity index (χ1) is 6.83. The maximum atomic E-state index is 6.13. The summed E-state index contributed by atoms with van der Waals surface area (Å²) in [6, 6.07) is 6.03. The number of benzene rings is 1. The van der Waals surface area contributed by atoms with Crippen molar-refractivity contribution < 1.29 is 4.74 Å². The summed E-state index contributed by atoms with van der Waals surface area (Å²) in [6.45, 7) is 1.61. The Kier molecular flexibility index (Phi) is 3.06. The number of hydrogen-bond donors (Lipinski definition) is 1. The molecule has 2 rings (SSSR count). The van der Waals surface area contributed by atoms with E-state index in [1.807, 2.05) is 19.2 Å². The van der Waals surface area contributed by atoms with E-state index < -0.39 is 0 Å². The van der Waals surface area contributed by atoms with Crippen LogP contribution in [0, 0.1) is 0 Å². The van der Waals surface area contributed by atoms with E-state index >= 15 is 0 Å². The fourth-order valence-corrected chi connectivity index (χ4v) is 2.16. The average Bonchev–Trinajstić information content (AvgIpc) is 2.20. The van der Waals surface area contributed by atoms with Gasteiger partial charge in [-0.05, 0) is 30.7 Å². The molecule has 1 atom stereocenters. The number of hydrogen-bond acceptors (Lipinski definition) is 2. The Hall–Kier alpha value is -0.570. The molecule has 0 fully saturated rings. The molecule has 1 aromatic carbocycles. The van der Waals surface area contributed by atoms with E-state index in [0.717, 1.165) is 24.6 Å². The molecular weight excluding hydrogens is 198 g/mol. The topological polar surface area (TPSA) is 21.3 Å². The lowest BCUT2D eigenvalue weighted by molar-refractivity contribution is 0.0439. The second-order valence-electron chi connectivity index (χ2n) is 3.47. The Morgan fingerprint density at radius 1 is 1.57 bits per heavy atom. The number of rotatable bonds is 2. The van der Waals surface area contributed by atoms with Crippen LogP contribution in [0.5, 0.6) is 0 Å². The van der Waals surface area contributed by atoms with Crippen molar-refractivity contribution in [2.24, 2.45) is 0 Å². The fraction of sp³-hybridized carbons (Fsp3) is 0.455. The van der Waals surface area contributed by atoms with Gasteiger partial charge in [-0.1, -0.05) is 23.7 Å². The molecular formula is C11H14ClNO. The molecule has 76 valence electrons. The third kappa shape index (κ3) is 1.78. The Morgan fingerprint density at radius 3 is 3.21 bits per heavy atom. The van der Waals surface area contributed by atoms with Gasteiger partial charge in [-0.25, -0.2) is 0 Å².